The Morgan fingerprint density at radius 1 is 0.940 bits per heavy atom. The fourth-order valence-electron chi connectivity index (χ4n) is 6.48. The van der Waals surface area contributed by atoms with Gasteiger partial charge in [0.1, 0.15) is 24.1 Å². The highest BCUT2D eigenvalue weighted by atomic mass is 16.5. The lowest BCUT2D eigenvalue weighted by molar-refractivity contribution is -0.131. The van der Waals surface area contributed by atoms with Crippen LogP contribution in [0.2, 0.25) is 0 Å². The minimum absolute atomic E-state index is 0.0143. The zero-order valence-electron chi connectivity index (χ0n) is 28.5. The van der Waals surface area contributed by atoms with Crippen molar-refractivity contribution >= 4 is 34.4 Å². The molecule has 0 aliphatic carbocycles. The first-order chi connectivity index (χ1) is 24.3. The van der Waals surface area contributed by atoms with Gasteiger partial charge in [0.2, 0.25) is 11.8 Å². The van der Waals surface area contributed by atoms with E-state index < -0.39 is 18.1 Å². The molecule has 262 valence electrons. The van der Waals surface area contributed by atoms with Gasteiger partial charge in [0, 0.05) is 60.2 Å². The number of hydrogen-bond acceptors (Lipinski definition) is 8. The Labute approximate surface area is 290 Å². The molecule has 12 heteroatoms. The monoisotopic (exact) mass is 682 g/mol. The van der Waals surface area contributed by atoms with Gasteiger partial charge in [0.25, 0.3) is 5.91 Å². The standard InChI is InChI=1S/C38H42N4O8/c1-4-7-31(43)28-19-41(30-9-6-5-8-27(28)30)22-38(46)42-20-29-35(21-42)50-26-13-12-25(33(17-26)47-2)18-39-36(44)15-11-24-10-14-32(34(16-24)48-3)49-23-37(45)40-29/h5-6,8-10,12-14,16-17,19,29,35H,4,7,11,15,18,20-23H2,1-3H3,(H,39,44)(H,40,45)/t29-,35-/m1/s1. The number of benzene rings is 3. The number of aromatic nitrogens is 1. The van der Waals surface area contributed by atoms with Crippen LogP contribution in [0.4, 0.5) is 0 Å². The largest absolute Gasteiger partial charge is 0.496 e. The van der Waals surface area contributed by atoms with Crippen molar-refractivity contribution in [1.82, 2.24) is 20.1 Å². The quantitative estimate of drug-likeness (QED) is 0.279. The van der Waals surface area contributed by atoms with Gasteiger partial charge in [-0.1, -0.05) is 31.2 Å². The van der Waals surface area contributed by atoms with Crippen LogP contribution in [-0.4, -0.2) is 79.0 Å². The summed E-state index contributed by atoms with van der Waals surface area (Å²) in [6.45, 7) is 2.37. The third-order valence-electron chi connectivity index (χ3n) is 9.09. The number of nitrogens with zero attached hydrogens (tertiary/aromatic N) is 2. The first-order valence-electron chi connectivity index (χ1n) is 16.8. The van der Waals surface area contributed by atoms with Crippen LogP contribution < -0.4 is 29.6 Å². The molecule has 0 spiro atoms. The summed E-state index contributed by atoms with van der Waals surface area (Å²) in [5, 5.41) is 6.78. The molecular formula is C38H42N4O8. The van der Waals surface area contributed by atoms with E-state index in [9.17, 15) is 19.2 Å². The molecule has 1 aromatic heterocycles. The summed E-state index contributed by atoms with van der Waals surface area (Å²) in [6, 6.07) is 17.7. The molecule has 4 aromatic rings. The maximum Gasteiger partial charge on any atom is 0.258 e. The number of rotatable bonds is 7. The van der Waals surface area contributed by atoms with E-state index in [0.717, 1.165) is 28.5 Å². The van der Waals surface area contributed by atoms with Gasteiger partial charge in [0.05, 0.1) is 26.8 Å². The van der Waals surface area contributed by atoms with Crippen molar-refractivity contribution in [3.8, 4) is 23.0 Å². The van der Waals surface area contributed by atoms with Gasteiger partial charge in [0.15, 0.2) is 23.9 Å². The van der Waals surface area contributed by atoms with Crippen molar-refractivity contribution in [2.75, 3.05) is 33.9 Å². The molecule has 2 atom stereocenters. The molecule has 1 fully saturated rings. The van der Waals surface area contributed by atoms with Gasteiger partial charge in [-0.3, -0.25) is 19.2 Å². The third-order valence-corrected chi connectivity index (χ3v) is 9.09. The topological polar surface area (TPSA) is 137 Å². The number of ketones is 1. The predicted octanol–water partition coefficient (Wildman–Crippen LogP) is 4.06. The van der Waals surface area contributed by atoms with Crippen LogP contribution in [0.25, 0.3) is 10.9 Å². The van der Waals surface area contributed by atoms with Crippen LogP contribution in [0.3, 0.4) is 0 Å². The van der Waals surface area contributed by atoms with Crippen LogP contribution in [0.1, 0.15) is 47.7 Å². The first-order valence-corrected chi connectivity index (χ1v) is 16.8. The maximum absolute atomic E-state index is 13.8. The molecule has 0 radical (unpaired) electrons. The highest BCUT2D eigenvalue weighted by molar-refractivity contribution is 6.08. The lowest BCUT2D eigenvalue weighted by Crippen LogP contribution is -2.47. The smallest absolute Gasteiger partial charge is 0.258 e. The minimum atomic E-state index is -0.597. The first kappa shape index (κ1) is 34.3. The molecule has 0 unspecified atom stereocenters. The second-order valence-electron chi connectivity index (χ2n) is 12.5. The van der Waals surface area contributed by atoms with E-state index in [4.69, 9.17) is 18.9 Å². The number of fused-ring (bicyclic) bond motifs is 1. The van der Waals surface area contributed by atoms with E-state index in [0.29, 0.717) is 41.4 Å². The van der Waals surface area contributed by atoms with Crippen molar-refractivity contribution in [3.63, 3.8) is 0 Å². The van der Waals surface area contributed by atoms with Crippen LogP contribution in [0, 0.1) is 0 Å². The van der Waals surface area contributed by atoms with Gasteiger partial charge in [-0.25, -0.2) is 0 Å². The van der Waals surface area contributed by atoms with Gasteiger partial charge >= 0.3 is 0 Å². The summed E-state index contributed by atoms with van der Waals surface area (Å²) in [5.41, 5.74) is 3.07. The van der Waals surface area contributed by atoms with Crippen molar-refractivity contribution in [1.29, 1.82) is 0 Å². The van der Waals surface area contributed by atoms with Crippen LogP contribution in [0.5, 0.6) is 23.0 Å². The fourth-order valence-corrected chi connectivity index (χ4v) is 6.48. The zero-order valence-corrected chi connectivity index (χ0v) is 28.5. The highest BCUT2D eigenvalue weighted by Crippen LogP contribution is 2.30. The van der Waals surface area contributed by atoms with Gasteiger partial charge in [-0.2, -0.15) is 0 Å². The number of ether oxygens (including phenoxy) is 4. The second-order valence-corrected chi connectivity index (χ2v) is 12.5. The molecule has 1 saturated heterocycles. The molecule has 2 N–H and O–H groups in total. The summed E-state index contributed by atoms with van der Waals surface area (Å²) < 4.78 is 25.2. The molecule has 3 amide bonds. The van der Waals surface area contributed by atoms with Gasteiger partial charge < -0.3 is 39.0 Å². The summed E-state index contributed by atoms with van der Waals surface area (Å²) in [7, 11) is 3.06. The molecule has 9 rings (SSSR count). The van der Waals surface area contributed by atoms with Crippen molar-refractivity contribution in [2.24, 2.45) is 0 Å². The fraction of sp³-hybridized carbons (Fsp3) is 0.368. The number of nitrogens with one attached hydrogen (secondary N) is 2. The highest BCUT2D eigenvalue weighted by Gasteiger charge is 2.38. The van der Waals surface area contributed by atoms with Crippen molar-refractivity contribution < 1.29 is 38.1 Å². The van der Waals surface area contributed by atoms with E-state index in [1.54, 1.807) is 42.5 Å². The Balaban J connectivity index is 1.25. The van der Waals surface area contributed by atoms with Crippen LogP contribution >= 0.6 is 0 Å². The average Bonchev–Trinajstić information content (AvgIpc) is 3.69. The normalized spacial score (nSPS) is 18.1. The van der Waals surface area contributed by atoms with Gasteiger partial charge in [-0.15, -0.1) is 0 Å². The molecule has 50 heavy (non-hydrogen) atoms. The Kier molecular flexibility index (Phi) is 10.5. The number of carbonyl (C=O) groups excluding carboxylic acids is 4. The predicted molar refractivity (Wildman–Crippen MR) is 186 cm³/mol. The minimum Gasteiger partial charge on any atom is -0.496 e. The lowest BCUT2D eigenvalue weighted by atomic mass is 10.1. The van der Waals surface area contributed by atoms with Crippen molar-refractivity contribution in [3.05, 3.63) is 83.6 Å². The Hall–Kier alpha value is -5.52. The molecular weight excluding hydrogens is 640 g/mol. The number of carbonyl (C=O) groups is 4. The van der Waals surface area contributed by atoms with Gasteiger partial charge in [-0.05, 0) is 48.7 Å². The summed E-state index contributed by atoms with van der Waals surface area (Å²) in [4.78, 5) is 54.3. The lowest BCUT2D eigenvalue weighted by Gasteiger charge is -2.22. The SMILES string of the molecule is CCCC(=O)c1cn(CC(=O)N2C[C@H]3NC(=O)COc4ccc(cc4OC)CCC(=O)NCc4ccc(cc4OC)O[C@@H]3C2)c2ccccc12. The van der Waals surface area contributed by atoms with Crippen LogP contribution in [-0.2, 0) is 33.9 Å². The number of likely N-dealkylation sites (tertiary alicyclic amines) is 1. The summed E-state index contributed by atoms with van der Waals surface area (Å²) >= 11 is 0. The van der Waals surface area contributed by atoms with E-state index in [-0.39, 0.29) is 56.8 Å². The molecule has 5 aliphatic rings. The molecule has 5 aliphatic heterocycles. The molecule has 0 saturated carbocycles. The van der Waals surface area contributed by atoms with E-state index in [1.165, 1.54) is 7.11 Å². The third kappa shape index (κ3) is 7.69. The molecule has 6 heterocycles. The Morgan fingerprint density at radius 2 is 1.76 bits per heavy atom. The second kappa shape index (κ2) is 15.4. The van der Waals surface area contributed by atoms with Crippen molar-refractivity contribution in [2.45, 2.75) is 57.8 Å². The number of methoxy groups -OCH3 is 2. The number of Topliss-reactive ketones (excluding diaryl/α,β-unsaturated/α-hetero) is 1. The molecule has 12 nitrogen and oxygen atoms in total. The summed E-state index contributed by atoms with van der Waals surface area (Å²) in [6.07, 6.45) is 3.09. The molecule has 4 bridgehead atoms. The number of amides is 3. The van der Waals surface area contributed by atoms with E-state index >= 15 is 0 Å². The average molecular weight is 683 g/mol. The van der Waals surface area contributed by atoms with E-state index in [2.05, 4.69) is 10.6 Å². The molecule has 3 aromatic carbocycles. The zero-order chi connectivity index (χ0) is 35.2. The number of para-hydroxylation sites is 1. The number of aryl methyl sites for hydroxylation is 1. The Bertz CT molecular complexity index is 1900. The summed E-state index contributed by atoms with van der Waals surface area (Å²) in [5.74, 6) is 1.22. The maximum atomic E-state index is 13.8. The Morgan fingerprint density at radius 3 is 2.56 bits per heavy atom. The van der Waals surface area contributed by atoms with E-state index in [1.807, 2.05) is 47.9 Å². The number of hydrogen-bond donors (Lipinski definition) is 2. The van der Waals surface area contributed by atoms with Crippen LogP contribution in [0.15, 0.2) is 66.9 Å².